The van der Waals surface area contributed by atoms with Crippen LogP contribution in [0.15, 0.2) is 72.1 Å². The van der Waals surface area contributed by atoms with Crippen LogP contribution in [0, 0.1) is 0 Å². The zero-order chi connectivity index (χ0) is 19.1. The number of nitrogens with one attached hydrogen (secondary N) is 1. The van der Waals surface area contributed by atoms with E-state index in [0.717, 1.165) is 28.2 Å². The SMILES string of the molecule is CCc1ccc([C@H](NC(=O)/C=C/c2cccc(OC)c2)c2cccs2)cc1. The summed E-state index contributed by atoms with van der Waals surface area (Å²) in [5, 5.41) is 5.15. The molecule has 1 atom stereocenters. The Labute approximate surface area is 164 Å². The van der Waals surface area contributed by atoms with Crippen molar-refractivity contribution >= 4 is 23.3 Å². The van der Waals surface area contributed by atoms with Gasteiger partial charge in [-0.2, -0.15) is 0 Å². The molecule has 3 nitrogen and oxygen atoms in total. The Bertz CT molecular complexity index is 898. The van der Waals surface area contributed by atoms with Crippen LogP contribution in [0.2, 0.25) is 0 Å². The Hall–Kier alpha value is -2.85. The smallest absolute Gasteiger partial charge is 0.244 e. The minimum absolute atomic E-state index is 0.129. The van der Waals surface area contributed by atoms with Crippen LogP contribution >= 0.6 is 11.3 Å². The highest BCUT2D eigenvalue weighted by atomic mass is 32.1. The lowest BCUT2D eigenvalue weighted by Gasteiger charge is -2.17. The Morgan fingerprint density at radius 3 is 2.63 bits per heavy atom. The lowest BCUT2D eigenvalue weighted by atomic mass is 10.0. The van der Waals surface area contributed by atoms with Gasteiger partial charge in [0.05, 0.1) is 13.2 Å². The number of carbonyl (C=O) groups excluding carboxylic acids is 1. The van der Waals surface area contributed by atoms with E-state index in [1.165, 1.54) is 5.56 Å². The van der Waals surface area contributed by atoms with Gasteiger partial charge in [-0.1, -0.05) is 49.4 Å². The zero-order valence-electron chi connectivity index (χ0n) is 15.5. The zero-order valence-corrected chi connectivity index (χ0v) is 16.3. The lowest BCUT2D eigenvalue weighted by Crippen LogP contribution is -2.27. The summed E-state index contributed by atoms with van der Waals surface area (Å²) in [6.07, 6.45) is 4.36. The van der Waals surface area contributed by atoms with E-state index in [4.69, 9.17) is 4.74 Å². The maximum atomic E-state index is 12.5. The molecule has 0 aliphatic carbocycles. The van der Waals surface area contributed by atoms with Crippen molar-refractivity contribution in [2.75, 3.05) is 7.11 Å². The summed E-state index contributed by atoms with van der Waals surface area (Å²) < 4.78 is 5.22. The second kappa shape index (κ2) is 9.19. The number of hydrogen-bond acceptors (Lipinski definition) is 3. The van der Waals surface area contributed by atoms with Crippen molar-refractivity contribution in [2.24, 2.45) is 0 Å². The Balaban J connectivity index is 1.77. The first-order valence-electron chi connectivity index (χ1n) is 8.94. The Morgan fingerprint density at radius 1 is 1.15 bits per heavy atom. The van der Waals surface area contributed by atoms with Gasteiger partial charge in [-0.05, 0) is 52.8 Å². The van der Waals surface area contributed by atoms with E-state index in [2.05, 4.69) is 42.6 Å². The summed E-state index contributed by atoms with van der Waals surface area (Å²) in [5.74, 6) is 0.640. The first-order valence-corrected chi connectivity index (χ1v) is 9.82. The first kappa shape index (κ1) is 18.9. The molecule has 1 aromatic heterocycles. The van der Waals surface area contributed by atoms with Crippen LogP contribution in [0.1, 0.15) is 34.5 Å². The number of aryl methyl sites for hydroxylation is 1. The summed E-state index contributed by atoms with van der Waals surface area (Å²) in [7, 11) is 1.63. The minimum Gasteiger partial charge on any atom is -0.497 e. The molecule has 1 N–H and O–H groups in total. The fourth-order valence-electron chi connectivity index (χ4n) is 2.83. The molecule has 3 aromatic rings. The van der Waals surface area contributed by atoms with Crippen molar-refractivity contribution in [2.45, 2.75) is 19.4 Å². The number of carbonyl (C=O) groups is 1. The second-order valence-corrected chi connectivity index (χ2v) is 7.14. The number of thiophene rings is 1. The van der Waals surface area contributed by atoms with E-state index in [9.17, 15) is 4.79 Å². The monoisotopic (exact) mass is 377 g/mol. The van der Waals surface area contributed by atoms with Gasteiger partial charge in [-0.3, -0.25) is 4.79 Å². The van der Waals surface area contributed by atoms with E-state index in [-0.39, 0.29) is 11.9 Å². The van der Waals surface area contributed by atoms with Crippen LogP contribution in [-0.4, -0.2) is 13.0 Å². The van der Waals surface area contributed by atoms with Crippen LogP contribution in [0.5, 0.6) is 5.75 Å². The maximum absolute atomic E-state index is 12.5. The first-order chi connectivity index (χ1) is 13.2. The molecule has 0 aliphatic heterocycles. The average molecular weight is 378 g/mol. The number of ether oxygens (including phenoxy) is 1. The molecule has 0 fully saturated rings. The molecule has 0 unspecified atom stereocenters. The summed E-state index contributed by atoms with van der Waals surface area (Å²) >= 11 is 1.64. The van der Waals surface area contributed by atoms with Gasteiger partial charge in [0.1, 0.15) is 5.75 Å². The summed E-state index contributed by atoms with van der Waals surface area (Å²) in [6.45, 7) is 2.14. The van der Waals surface area contributed by atoms with Crippen molar-refractivity contribution in [3.8, 4) is 5.75 Å². The minimum atomic E-state index is -0.154. The van der Waals surface area contributed by atoms with E-state index in [1.807, 2.05) is 35.7 Å². The topological polar surface area (TPSA) is 38.3 Å². The predicted octanol–water partition coefficient (Wildman–Crippen LogP) is 5.24. The number of benzene rings is 2. The molecule has 27 heavy (non-hydrogen) atoms. The number of hydrogen-bond donors (Lipinski definition) is 1. The van der Waals surface area contributed by atoms with E-state index < -0.39 is 0 Å². The molecule has 138 valence electrons. The average Bonchev–Trinajstić information content (AvgIpc) is 3.25. The van der Waals surface area contributed by atoms with Crippen LogP contribution in [0.25, 0.3) is 6.08 Å². The second-order valence-electron chi connectivity index (χ2n) is 6.16. The van der Waals surface area contributed by atoms with E-state index >= 15 is 0 Å². The van der Waals surface area contributed by atoms with Crippen LogP contribution in [0.4, 0.5) is 0 Å². The highest BCUT2D eigenvalue weighted by Gasteiger charge is 2.16. The maximum Gasteiger partial charge on any atom is 0.244 e. The van der Waals surface area contributed by atoms with Crippen molar-refractivity contribution in [1.82, 2.24) is 5.32 Å². The molecular weight excluding hydrogens is 354 g/mol. The highest BCUT2D eigenvalue weighted by Crippen LogP contribution is 2.26. The third kappa shape index (κ3) is 5.08. The Morgan fingerprint density at radius 2 is 1.96 bits per heavy atom. The summed E-state index contributed by atoms with van der Waals surface area (Å²) in [5.41, 5.74) is 3.29. The van der Waals surface area contributed by atoms with E-state index in [1.54, 1.807) is 30.6 Å². The molecule has 0 radical (unpaired) electrons. The van der Waals surface area contributed by atoms with E-state index in [0.29, 0.717) is 0 Å². The van der Waals surface area contributed by atoms with Crippen LogP contribution in [0.3, 0.4) is 0 Å². The fraction of sp³-hybridized carbons (Fsp3) is 0.174. The van der Waals surface area contributed by atoms with Crippen molar-refractivity contribution < 1.29 is 9.53 Å². The van der Waals surface area contributed by atoms with Gasteiger partial charge in [-0.25, -0.2) is 0 Å². The fourth-order valence-corrected chi connectivity index (χ4v) is 3.63. The molecule has 3 rings (SSSR count). The summed E-state index contributed by atoms with van der Waals surface area (Å²) in [4.78, 5) is 13.7. The normalized spacial score (nSPS) is 12.1. The third-order valence-corrected chi connectivity index (χ3v) is 5.29. The molecule has 0 spiro atoms. The molecule has 0 saturated carbocycles. The van der Waals surface area contributed by atoms with Crippen LogP contribution < -0.4 is 10.1 Å². The lowest BCUT2D eigenvalue weighted by molar-refractivity contribution is -0.116. The van der Waals surface area contributed by atoms with Crippen molar-refractivity contribution in [1.29, 1.82) is 0 Å². The Kier molecular flexibility index (Phi) is 6.44. The molecule has 4 heteroatoms. The molecule has 1 heterocycles. The number of amides is 1. The quantitative estimate of drug-likeness (QED) is 0.572. The third-order valence-electron chi connectivity index (χ3n) is 4.36. The standard InChI is InChI=1S/C23H23NO2S/c1-3-17-9-12-19(13-10-17)23(21-8-5-15-27-21)24-22(25)14-11-18-6-4-7-20(16-18)26-2/h4-16,23H,3H2,1-2H3,(H,24,25)/b14-11+/t23-/m0/s1. The van der Waals surface area contributed by atoms with Gasteiger partial charge in [0, 0.05) is 11.0 Å². The van der Waals surface area contributed by atoms with Gasteiger partial charge in [0.25, 0.3) is 0 Å². The predicted molar refractivity (Wildman–Crippen MR) is 112 cm³/mol. The molecule has 0 saturated heterocycles. The largest absolute Gasteiger partial charge is 0.497 e. The molecule has 0 aliphatic rings. The van der Waals surface area contributed by atoms with Crippen molar-refractivity contribution in [3.63, 3.8) is 0 Å². The van der Waals surface area contributed by atoms with Gasteiger partial charge in [0.15, 0.2) is 0 Å². The van der Waals surface area contributed by atoms with Crippen molar-refractivity contribution in [3.05, 3.63) is 93.7 Å². The van der Waals surface area contributed by atoms with Crippen LogP contribution in [-0.2, 0) is 11.2 Å². The molecule has 2 aromatic carbocycles. The van der Waals surface area contributed by atoms with Gasteiger partial charge in [-0.15, -0.1) is 11.3 Å². The number of methoxy groups -OCH3 is 1. The summed E-state index contributed by atoms with van der Waals surface area (Å²) in [6, 6.07) is 19.9. The molecule has 1 amide bonds. The van der Waals surface area contributed by atoms with Gasteiger partial charge < -0.3 is 10.1 Å². The highest BCUT2D eigenvalue weighted by molar-refractivity contribution is 7.10. The van der Waals surface area contributed by atoms with Gasteiger partial charge in [0.2, 0.25) is 5.91 Å². The number of rotatable bonds is 7. The molecule has 0 bridgehead atoms. The molecular formula is C23H23NO2S. The van der Waals surface area contributed by atoms with Gasteiger partial charge >= 0.3 is 0 Å².